The number of carbonyl (C=O) groups is 2. The molecule has 0 aliphatic carbocycles. The summed E-state index contributed by atoms with van der Waals surface area (Å²) in [5.41, 5.74) is 1.83. The molecule has 34 heavy (non-hydrogen) atoms. The largest absolute Gasteiger partial charge is 0.496 e. The van der Waals surface area contributed by atoms with Gasteiger partial charge in [-0.2, -0.15) is 0 Å². The van der Waals surface area contributed by atoms with Crippen LogP contribution in [-0.4, -0.2) is 55.4 Å². The highest BCUT2D eigenvalue weighted by atomic mass is 16.5. The van der Waals surface area contributed by atoms with Crippen molar-refractivity contribution in [3.63, 3.8) is 0 Å². The third kappa shape index (κ3) is 6.99. The number of hydrogen-bond donors (Lipinski definition) is 2. The van der Waals surface area contributed by atoms with E-state index in [2.05, 4.69) is 27.2 Å². The van der Waals surface area contributed by atoms with Crippen molar-refractivity contribution < 1.29 is 19.1 Å². The lowest BCUT2D eigenvalue weighted by Crippen LogP contribution is -2.35. The summed E-state index contributed by atoms with van der Waals surface area (Å²) in [6, 6.07) is 8.61. The van der Waals surface area contributed by atoms with Gasteiger partial charge in [0, 0.05) is 49.2 Å². The first kappa shape index (κ1) is 25.1. The molecule has 1 fully saturated rings. The van der Waals surface area contributed by atoms with Crippen LogP contribution in [0.2, 0.25) is 0 Å². The van der Waals surface area contributed by atoms with Gasteiger partial charge in [-0.05, 0) is 50.5 Å². The predicted octanol–water partition coefficient (Wildman–Crippen LogP) is 3.77. The van der Waals surface area contributed by atoms with Gasteiger partial charge in [0.25, 0.3) is 11.8 Å². The number of aliphatic imine (C=N–C) groups is 1. The second-order valence-corrected chi connectivity index (χ2v) is 8.13. The number of benzene rings is 1. The van der Waals surface area contributed by atoms with E-state index in [4.69, 9.17) is 9.47 Å². The normalized spacial score (nSPS) is 16.2. The molecule has 2 heterocycles. The molecule has 2 unspecified atom stereocenters. The summed E-state index contributed by atoms with van der Waals surface area (Å²) in [7, 11) is 1.58. The van der Waals surface area contributed by atoms with Gasteiger partial charge in [-0.1, -0.05) is 12.1 Å². The molecule has 1 saturated heterocycles. The number of nitrogens with one attached hydrogen (secondary N) is 2. The van der Waals surface area contributed by atoms with Crippen LogP contribution < -0.4 is 15.4 Å². The fraction of sp³-hybridized carbons (Fsp3) is 0.385. The van der Waals surface area contributed by atoms with Crippen LogP contribution in [0.1, 0.15) is 52.0 Å². The van der Waals surface area contributed by atoms with Crippen LogP contribution >= 0.6 is 0 Å². The van der Waals surface area contributed by atoms with E-state index in [0.717, 1.165) is 25.0 Å². The SMILES string of the molecule is C=CCC(CC=Nc1ccc(C(=O)NCC2CCCO2)cn1)NC(=O)c1cccc(OC)c1C. The standard InChI is InChI=1S/C26H32N4O4/c1-4-7-20(30-26(32)22-9-5-10-23(33-3)18(22)2)13-14-27-24-12-11-19(16-28-24)25(31)29-17-21-8-6-15-34-21/h4-5,9-12,14,16,20-21H,1,6-8,13,15,17H2,2-3H3,(H,29,31)(H,30,32). The van der Waals surface area contributed by atoms with E-state index in [1.54, 1.807) is 43.7 Å². The maximum atomic E-state index is 12.8. The van der Waals surface area contributed by atoms with Gasteiger partial charge in [0.05, 0.1) is 18.8 Å². The number of hydrogen-bond acceptors (Lipinski definition) is 6. The number of nitrogens with zero attached hydrogens (tertiary/aromatic N) is 2. The Morgan fingerprint density at radius 3 is 2.82 bits per heavy atom. The van der Waals surface area contributed by atoms with Gasteiger partial charge in [-0.25, -0.2) is 9.98 Å². The molecule has 8 nitrogen and oxygen atoms in total. The molecular formula is C26H32N4O4. The molecule has 2 N–H and O–H groups in total. The summed E-state index contributed by atoms with van der Waals surface area (Å²) in [5, 5.41) is 5.91. The summed E-state index contributed by atoms with van der Waals surface area (Å²) < 4.78 is 10.8. The highest BCUT2D eigenvalue weighted by molar-refractivity contribution is 5.96. The second kappa shape index (κ2) is 12.6. The van der Waals surface area contributed by atoms with Gasteiger partial charge in [-0.3, -0.25) is 9.59 Å². The maximum Gasteiger partial charge on any atom is 0.252 e. The third-order valence-electron chi connectivity index (χ3n) is 5.67. The van der Waals surface area contributed by atoms with Crippen molar-refractivity contribution in [3.05, 3.63) is 65.9 Å². The lowest BCUT2D eigenvalue weighted by Gasteiger charge is -2.17. The Bertz CT molecular complexity index is 1010. The van der Waals surface area contributed by atoms with Crippen LogP contribution in [0.5, 0.6) is 5.75 Å². The number of ether oxygens (including phenoxy) is 2. The second-order valence-electron chi connectivity index (χ2n) is 8.13. The van der Waals surface area contributed by atoms with Gasteiger partial charge in [0.15, 0.2) is 5.82 Å². The molecule has 0 bridgehead atoms. The van der Waals surface area contributed by atoms with Crippen molar-refractivity contribution in [3.8, 4) is 5.75 Å². The predicted molar refractivity (Wildman–Crippen MR) is 132 cm³/mol. The zero-order chi connectivity index (χ0) is 24.3. The summed E-state index contributed by atoms with van der Waals surface area (Å²) >= 11 is 0. The molecule has 2 aromatic rings. The van der Waals surface area contributed by atoms with Crippen LogP contribution in [0.4, 0.5) is 5.82 Å². The minimum absolute atomic E-state index is 0.0950. The highest BCUT2D eigenvalue weighted by Crippen LogP contribution is 2.21. The zero-order valence-corrected chi connectivity index (χ0v) is 19.8. The zero-order valence-electron chi connectivity index (χ0n) is 19.8. The van der Waals surface area contributed by atoms with Crippen molar-refractivity contribution in [1.29, 1.82) is 0 Å². The van der Waals surface area contributed by atoms with Crippen molar-refractivity contribution in [1.82, 2.24) is 15.6 Å². The molecule has 0 spiro atoms. The topological polar surface area (TPSA) is 102 Å². The molecule has 180 valence electrons. The smallest absolute Gasteiger partial charge is 0.252 e. The Balaban J connectivity index is 1.53. The first-order valence-corrected chi connectivity index (χ1v) is 11.5. The van der Waals surface area contributed by atoms with E-state index < -0.39 is 0 Å². The van der Waals surface area contributed by atoms with E-state index in [9.17, 15) is 9.59 Å². The summed E-state index contributed by atoms with van der Waals surface area (Å²) in [5.74, 6) is 0.806. The maximum absolute atomic E-state index is 12.8. The van der Waals surface area contributed by atoms with Crippen LogP contribution in [0, 0.1) is 6.92 Å². The lowest BCUT2D eigenvalue weighted by molar-refractivity contribution is 0.0857. The van der Waals surface area contributed by atoms with Gasteiger partial charge < -0.3 is 20.1 Å². The fourth-order valence-electron chi connectivity index (χ4n) is 3.74. The Hall–Kier alpha value is -3.52. The Morgan fingerprint density at radius 1 is 1.29 bits per heavy atom. The average molecular weight is 465 g/mol. The van der Waals surface area contributed by atoms with E-state index in [1.165, 1.54) is 6.20 Å². The molecule has 2 atom stereocenters. The first-order chi connectivity index (χ1) is 16.5. The molecule has 3 rings (SSSR count). The number of aromatic nitrogens is 1. The van der Waals surface area contributed by atoms with Gasteiger partial charge in [0.2, 0.25) is 0 Å². The number of rotatable bonds is 11. The Kier molecular flexibility index (Phi) is 9.34. The molecule has 0 saturated carbocycles. The molecular weight excluding hydrogens is 432 g/mol. The number of methoxy groups -OCH3 is 1. The number of amides is 2. The third-order valence-corrected chi connectivity index (χ3v) is 5.67. The molecule has 0 radical (unpaired) electrons. The van der Waals surface area contributed by atoms with Crippen molar-refractivity contribution in [2.45, 2.75) is 44.8 Å². The van der Waals surface area contributed by atoms with Crippen LogP contribution in [0.15, 0.2) is 54.2 Å². The van der Waals surface area contributed by atoms with E-state index >= 15 is 0 Å². The van der Waals surface area contributed by atoms with Crippen molar-refractivity contribution in [2.24, 2.45) is 4.99 Å². The number of carbonyl (C=O) groups excluding carboxylic acids is 2. The lowest BCUT2D eigenvalue weighted by atomic mass is 10.1. The Labute approximate surface area is 200 Å². The Morgan fingerprint density at radius 2 is 2.15 bits per heavy atom. The molecule has 8 heteroatoms. The fourth-order valence-corrected chi connectivity index (χ4v) is 3.74. The quantitative estimate of drug-likeness (QED) is 0.389. The van der Waals surface area contributed by atoms with E-state index in [1.807, 2.05) is 13.0 Å². The first-order valence-electron chi connectivity index (χ1n) is 11.5. The monoisotopic (exact) mass is 464 g/mol. The van der Waals surface area contributed by atoms with Gasteiger partial charge >= 0.3 is 0 Å². The van der Waals surface area contributed by atoms with Crippen molar-refractivity contribution in [2.75, 3.05) is 20.3 Å². The van der Waals surface area contributed by atoms with Crippen LogP contribution in [0.3, 0.4) is 0 Å². The molecule has 1 aliphatic heterocycles. The molecule has 1 aliphatic rings. The minimum Gasteiger partial charge on any atom is -0.496 e. The highest BCUT2D eigenvalue weighted by Gasteiger charge is 2.17. The van der Waals surface area contributed by atoms with E-state index in [0.29, 0.717) is 42.1 Å². The molecule has 1 aromatic carbocycles. The molecule has 2 amide bonds. The van der Waals surface area contributed by atoms with Crippen LogP contribution in [-0.2, 0) is 4.74 Å². The summed E-state index contributed by atoms with van der Waals surface area (Å²) in [4.78, 5) is 33.7. The van der Waals surface area contributed by atoms with Gasteiger partial charge in [0.1, 0.15) is 5.75 Å². The molecule has 1 aromatic heterocycles. The average Bonchev–Trinajstić information content (AvgIpc) is 3.37. The summed E-state index contributed by atoms with van der Waals surface area (Å²) in [6.45, 7) is 6.90. The van der Waals surface area contributed by atoms with Crippen LogP contribution in [0.25, 0.3) is 0 Å². The minimum atomic E-state index is -0.180. The summed E-state index contributed by atoms with van der Waals surface area (Å²) in [6.07, 6.45) is 8.19. The van der Waals surface area contributed by atoms with E-state index in [-0.39, 0.29) is 24.0 Å². The number of pyridine rings is 1. The van der Waals surface area contributed by atoms with Crippen molar-refractivity contribution >= 4 is 23.8 Å². The van der Waals surface area contributed by atoms with Gasteiger partial charge in [-0.15, -0.1) is 6.58 Å².